The van der Waals surface area contributed by atoms with Crippen molar-refractivity contribution in [1.29, 1.82) is 5.41 Å². The van der Waals surface area contributed by atoms with E-state index in [0.717, 1.165) is 16.9 Å². The maximum absolute atomic E-state index is 12.2. The van der Waals surface area contributed by atoms with E-state index in [1.165, 1.54) is 0 Å². The van der Waals surface area contributed by atoms with Gasteiger partial charge in [0.1, 0.15) is 11.6 Å². The van der Waals surface area contributed by atoms with Gasteiger partial charge in [0.2, 0.25) is 5.91 Å². The first-order valence-electron chi connectivity index (χ1n) is 8.46. The van der Waals surface area contributed by atoms with E-state index < -0.39 is 0 Å². The molecule has 1 unspecified atom stereocenters. The molecule has 1 aliphatic heterocycles. The third kappa shape index (κ3) is 4.18. The predicted octanol–water partition coefficient (Wildman–Crippen LogP) is 2.95. The molecule has 25 heavy (non-hydrogen) atoms. The number of benzene rings is 2. The molecule has 1 fully saturated rings. The van der Waals surface area contributed by atoms with E-state index in [4.69, 9.17) is 10.1 Å². The summed E-state index contributed by atoms with van der Waals surface area (Å²) in [5.74, 6) is 1.33. The molecule has 5 nitrogen and oxygen atoms in total. The van der Waals surface area contributed by atoms with Crippen molar-refractivity contribution in [2.75, 3.05) is 7.11 Å². The third-order valence-electron chi connectivity index (χ3n) is 4.50. The Labute approximate surface area is 148 Å². The second-order valence-electron chi connectivity index (χ2n) is 6.18. The van der Waals surface area contributed by atoms with E-state index in [2.05, 4.69) is 5.32 Å². The highest BCUT2D eigenvalue weighted by molar-refractivity contribution is 5.92. The number of methoxy groups -OCH3 is 1. The topological polar surface area (TPSA) is 65.4 Å². The fourth-order valence-corrected chi connectivity index (χ4v) is 3.07. The van der Waals surface area contributed by atoms with Gasteiger partial charge in [0.05, 0.1) is 13.2 Å². The van der Waals surface area contributed by atoms with Gasteiger partial charge in [0, 0.05) is 19.5 Å². The van der Waals surface area contributed by atoms with E-state index in [1.807, 2.05) is 54.6 Å². The van der Waals surface area contributed by atoms with Gasteiger partial charge in [-0.25, -0.2) is 0 Å². The first kappa shape index (κ1) is 17.0. The zero-order chi connectivity index (χ0) is 17.6. The minimum absolute atomic E-state index is 0.116. The van der Waals surface area contributed by atoms with E-state index in [1.54, 1.807) is 12.0 Å². The first-order chi connectivity index (χ1) is 12.2. The Morgan fingerprint density at radius 3 is 2.56 bits per heavy atom. The molecule has 1 saturated heterocycles. The Hall–Kier alpha value is -2.82. The van der Waals surface area contributed by atoms with Crippen LogP contribution in [0.3, 0.4) is 0 Å². The summed E-state index contributed by atoms with van der Waals surface area (Å²) in [5, 5.41) is 11.5. The fraction of sp³-hybridized carbons (Fsp3) is 0.300. The van der Waals surface area contributed by atoms with E-state index in [9.17, 15) is 4.79 Å². The lowest BCUT2D eigenvalue weighted by Gasteiger charge is -2.26. The number of hydrogen-bond acceptors (Lipinski definition) is 3. The number of carbonyl (C=O) groups excluding carboxylic acids is 1. The summed E-state index contributed by atoms with van der Waals surface area (Å²) >= 11 is 0. The summed E-state index contributed by atoms with van der Waals surface area (Å²) in [6.45, 7) is 1.11. The highest BCUT2D eigenvalue weighted by Gasteiger charge is 2.33. The highest BCUT2D eigenvalue weighted by atomic mass is 16.5. The van der Waals surface area contributed by atoms with Crippen molar-refractivity contribution in [3.63, 3.8) is 0 Å². The number of rotatable bonds is 6. The number of amides is 1. The fourth-order valence-electron chi connectivity index (χ4n) is 3.07. The smallest absolute Gasteiger partial charge is 0.223 e. The molecule has 2 aromatic rings. The van der Waals surface area contributed by atoms with Gasteiger partial charge in [-0.1, -0.05) is 42.5 Å². The van der Waals surface area contributed by atoms with Gasteiger partial charge >= 0.3 is 0 Å². The zero-order valence-electron chi connectivity index (χ0n) is 14.4. The van der Waals surface area contributed by atoms with Crippen LogP contribution < -0.4 is 10.1 Å². The minimum atomic E-state index is -0.175. The normalized spacial score (nSPS) is 16.8. The quantitative estimate of drug-likeness (QED) is 0.629. The molecule has 3 rings (SSSR count). The highest BCUT2D eigenvalue weighted by Crippen LogP contribution is 2.22. The van der Waals surface area contributed by atoms with Crippen LogP contribution in [0.4, 0.5) is 0 Å². The lowest BCUT2D eigenvalue weighted by molar-refractivity contribution is -0.128. The number of carbonyl (C=O) groups is 1. The molecule has 2 aromatic carbocycles. The van der Waals surface area contributed by atoms with Gasteiger partial charge in [0.15, 0.2) is 0 Å². The maximum Gasteiger partial charge on any atom is 0.223 e. The first-order valence-corrected chi connectivity index (χ1v) is 8.46. The molecule has 0 bridgehead atoms. The molecule has 1 aliphatic rings. The van der Waals surface area contributed by atoms with Gasteiger partial charge in [0.25, 0.3) is 0 Å². The average molecular weight is 337 g/mol. The Bertz CT molecular complexity index is 728. The molecular weight excluding hydrogens is 314 g/mol. The van der Waals surface area contributed by atoms with Crippen molar-refractivity contribution in [3.05, 3.63) is 65.7 Å². The second-order valence-corrected chi connectivity index (χ2v) is 6.18. The van der Waals surface area contributed by atoms with Crippen molar-refractivity contribution < 1.29 is 9.53 Å². The van der Waals surface area contributed by atoms with Crippen LogP contribution in [-0.2, 0) is 17.9 Å². The van der Waals surface area contributed by atoms with Crippen molar-refractivity contribution in [3.8, 4) is 5.75 Å². The number of amidine groups is 1. The molecule has 0 spiro atoms. The van der Waals surface area contributed by atoms with Crippen LogP contribution in [-0.4, -0.2) is 29.8 Å². The van der Waals surface area contributed by atoms with Gasteiger partial charge in [-0.2, -0.15) is 0 Å². The predicted molar refractivity (Wildman–Crippen MR) is 97.6 cm³/mol. The molecule has 0 saturated carbocycles. The van der Waals surface area contributed by atoms with Gasteiger partial charge in [-0.15, -0.1) is 0 Å². The number of likely N-dealkylation sites (tertiary alicyclic amines) is 1. The van der Waals surface area contributed by atoms with Crippen molar-refractivity contribution >= 4 is 11.7 Å². The molecule has 2 N–H and O–H groups in total. The molecule has 5 heteroatoms. The monoisotopic (exact) mass is 337 g/mol. The number of nitrogens with zero attached hydrogens (tertiary/aromatic N) is 1. The van der Waals surface area contributed by atoms with Crippen LogP contribution in [0, 0.1) is 5.41 Å². The molecule has 1 atom stereocenters. The lowest BCUT2D eigenvalue weighted by atomic mass is 10.1. The second kappa shape index (κ2) is 7.83. The van der Waals surface area contributed by atoms with E-state index in [0.29, 0.717) is 31.8 Å². The average Bonchev–Trinajstić information content (AvgIpc) is 3.01. The molecule has 0 aliphatic carbocycles. The molecule has 0 aromatic heterocycles. The van der Waals surface area contributed by atoms with E-state index in [-0.39, 0.29) is 11.9 Å². The number of ether oxygens (including phenoxy) is 1. The van der Waals surface area contributed by atoms with Crippen LogP contribution in [0.25, 0.3) is 0 Å². The molecule has 1 heterocycles. The zero-order valence-corrected chi connectivity index (χ0v) is 14.4. The molecule has 0 radical (unpaired) electrons. The summed E-state index contributed by atoms with van der Waals surface area (Å²) in [5.41, 5.74) is 2.16. The van der Waals surface area contributed by atoms with Crippen LogP contribution in [0.5, 0.6) is 5.75 Å². The summed E-state index contributed by atoms with van der Waals surface area (Å²) in [7, 11) is 1.64. The van der Waals surface area contributed by atoms with Crippen molar-refractivity contribution in [2.45, 2.75) is 32.0 Å². The van der Waals surface area contributed by atoms with Gasteiger partial charge in [-0.3, -0.25) is 10.2 Å². The van der Waals surface area contributed by atoms with Crippen LogP contribution >= 0.6 is 0 Å². The summed E-state index contributed by atoms with van der Waals surface area (Å²) in [4.78, 5) is 14.0. The molecule has 1 amide bonds. The van der Waals surface area contributed by atoms with Crippen LogP contribution in [0.1, 0.15) is 24.0 Å². The number of nitrogens with one attached hydrogen (secondary N) is 2. The van der Waals surface area contributed by atoms with Crippen molar-refractivity contribution in [1.82, 2.24) is 10.2 Å². The van der Waals surface area contributed by atoms with E-state index >= 15 is 0 Å². The largest absolute Gasteiger partial charge is 0.497 e. The molecule has 130 valence electrons. The Kier molecular flexibility index (Phi) is 5.33. The van der Waals surface area contributed by atoms with Crippen LogP contribution in [0.15, 0.2) is 54.6 Å². The van der Waals surface area contributed by atoms with Crippen LogP contribution in [0.2, 0.25) is 0 Å². The Balaban J connectivity index is 1.60. The molecular formula is C20H23N3O2. The summed E-state index contributed by atoms with van der Waals surface area (Å²) in [6.07, 6.45) is 1.20. The SMILES string of the molecule is COc1ccc(CNC(=N)C2CCC(=O)N2Cc2ccccc2)cc1. The summed E-state index contributed by atoms with van der Waals surface area (Å²) in [6, 6.07) is 17.5. The lowest BCUT2D eigenvalue weighted by Crippen LogP contribution is -2.43. The number of hydrogen-bond donors (Lipinski definition) is 2. The Morgan fingerprint density at radius 2 is 1.88 bits per heavy atom. The summed E-state index contributed by atoms with van der Waals surface area (Å²) < 4.78 is 5.15. The van der Waals surface area contributed by atoms with Crippen molar-refractivity contribution in [2.24, 2.45) is 0 Å². The standard InChI is InChI=1S/C20H23N3O2/c1-25-17-9-7-15(8-10-17)13-22-20(21)18-11-12-19(24)23(18)14-16-5-3-2-4-6-16/h2-10,18H,11-14H2,1H3,(H2,21,22). The van der Waals surface area contributed by atoms with Gasteiger partial charge in [-0.05, 0) is 29.7 Å². The van der Waals surface area contributed by atoms with Gasteiger partial charge < -0.3 is 15.0 Å². The maximum atomic E-state index is 12.2. The Morgan fingerprint density at radius 1 is 1.16 bits per heavy atom. The third-order valence-corrected chi connectivity index (χ3v) is 4.50. The minimum Gasteiger partial charge on any atom is -0.497 e.